The molecule has 1 saturated heterocycles. The van der Waals surface area contributed by atoms with Gasteiger partial charge in [-0.2, -0.15) is 0 Å². The molecule has 0 unspecified atom stereocenters. The Morgan fingerprint density at radius 1 is 1.26 bits per heavy atom. The molecule has 0 bridgehead atoms. The topological polar surface area (TPSA) is 50.8 Å². The van der Waals surface area contributed by atoms with Crippen LogP contribution in [0.5, 0.6) is 5.75 Å². The van der Waals surface area contributed by atoms with Gasteiger partial charge < -0.3 is 19.7 Å². The van der Waals surface area contributed by atoms with Gasteiger partial charge in [0.1, 0.15) is 5.75 Å². The molecule has 0 atom stereocenters. The van der Waals surface area contributed by atoms with Crippen LogP contribution in [0.15, 0.2) is 42.5 Å². The second kappa shape index (κ2) is 8.93. The number of para-hydroxylation sites is 1. The van der Waals surface area contributed by atoms with Crippen LogP contribution in [0, 0.1) is 6.92 Å². The standard InChI is InChI=1S/C21H23ClN2O3/c1-15-6-8-19(26-2)16(14-15)7-9-20(25)23-18-5-3-4-17(22)21(18)24-10-12-27-13-11-24/h3-9,14H,10-13H2,1-2H3,(H,23,25)/b9-7+. The van der Waals surface area contributed by atoms with Gasteiger partial charge in [-0.15, -0.1) is 0 Å². The highest BCUT2D eigenvalue weighted by Crippen LogP contribution is 2.34. The second-order valence-electron chi connectivity index (χ2n) is 6.30. The minimum absolute atomic E-state index is 0.227. The number of nitrogens with zero attached hydrogens (tertiary/aromatic N) is 1. The third-order valence-electron chi connectivity index (χ3n) is 4.37. The molecule has 1 fully saturated rings. The number of methoxy groups -OCH3 is 1. The minimum Gasteiger partial charge on any atom is -0.496 e. The number of ether oxygens (including phenoxy) is 2. The average molecular weight is 387 g/mol. The largest absolute Gasteiger partial charge is 0.496 e. The van der Waals surface area contributed by atoms with Crippen molar-refractivity contribution in [2.24, 2.45) is 0 Å². The van der Waals surface area contributed by atoms with Gasteiger partial charge in [0.2, 0.25) is 5.91 Å². The molecule has 27 heavy (non-hydrogen) atoms. The lowest BCUT2D eigenvalue weighted by atomic mass is 10.1. The Labute approximate surface area is 164 Å². The fourth-order valence-corrected chi connectivity index (χ4v) is 3.34. The second-order valence-corrected chi connectivity index (χ2v) is 6.71. The van der Waals surface area contributed by atoms with Crippen LogP contribution in [-0.4, -0.2) is 39.3 Å². The number of halogens is 1. The number of anilines is 2. The van der Waals surface area contributed by atoms with Gasteiger partial charge in [0.05, 0.1) is 36.7 Å². The van der Waals surface area contributed by atoms with Crippen LogP contribution in [0.3, 0.4) is 0 Å². The zero-order valence-electron chi connectivity index (χ0n) is 15.5. The molecular formula is C21H23ClN2O3. The summed E-state index contributed by atoms with van der Waals surface area (Å²) in [6.07, 6.45) is 3.25. The molecule has 0 spiro atoms. The summed E-state index contributed by atoms with van der Waals surface area (Å²) in [5.41, 5.74) is 3.47. The number of amides is 1. The van der Waals surface area contributed by atoms with E-state index in [-0.39, 0.29) is 5.91 Å². The van der Waals surface area contributed by atoms with Gasteiger partial charge in [0, 0.05) is 24.7 Å². The smallest absolute Gasteiger partial charge is 0.248 e. The van der Waals surface area contributed by atoms with E-state index in [4.69, 9.17) is 21.1 Å². The fourth-order valence-electron chi connectivity index (χ4n) is 3.05. The summed E-state index contributed by atoms with van der Waals surface area (Å²) in [4.78, 5) is 14.6. The van der Waals surface area contributed by atoms with Gasteiger partial charge in [-0.3, -0.25) is 4.79 Å². The minimum atomic E-state index is -0.227. The van der Waals surface area contributed by atoms with E-state index in [2.05, 4.69) is 10.2 Å². The Balaban J connectivity index is 1.78. The van der Waals surface area contributed by atoms with Crippen LogP contribution in [0.25, 0.3) is 6.08 Å². The van der Waals surface area contributed by atoms with E-state index in [9.17, 15) is 4.79 Å². The van der Waals surface area contributed by atoms with Crippen molar-refractivity contribution in [2.75, 3.05) is 43.6 Å². The number of carbonyl (C=O) groups excluding carboxylic acids is 1. The number of carbonyl (C=O) groups is 1. The summed E-state index contributed by atoms with van der Waals surface area (Å²) < 4.78 is 10.8. The summed E-state index contributed by atoms with van der Waals surface area (Å²) >= 11 is 6.41. The first-order valence-electron chi connectivity index (χ1n) is 8.83. The van der Waals surface area contributed by atoms with Crippen molar-refractivity contribution >= 4 is 35.0 Å². The molecule has 142 valence electrons. The molecule has 0 radical (unpaired) electrons. The molecule has 2 aromatic rings. The zero-order valence-corrected chi connectivity index (χ0v) is 16.3. The first kappa shape index (κ1) is 19.3. The maximum absolute atomic E-state index is 12.5. The van der Waals surface area contributed by atoms with Crippen LogP contribution in [0.4, 0.5) is 11.4 Å². The molecule has 3 rings (SSSR count). The van der Waals surface area contributed by atoms with Gasteiger partial charge in [0.15, 0.2) is 0 Å². The maximum atomic E-state index is 12.5. The van der Waals surface area contributed by atoms with Crippen molar-refractivity contribution in [2.45, 2.75) is 6.92 Å². The van der Waals surface area contributed by atoms with E-state index in [0.717, 1.165) is 35.7 Å². The lowest BCUT2D eigenvalue weighted by Crippen LogP contribution is -2.37. The summed E-state index contributed by atoms with van der Waals surface area (Å²) in [6, 6.07) is 11.3. The quantitative estimate of drug-likeness (QED) is 0.784. The number of hydrogen-bond acceptors (Lipinski definition) is 4. The van der Waals surface area contributed by atoms with Gasteiger partial charge in [-0.25, -0.2) is 0 Å². The molecule has 1 N–H and O–H groups in total. The molecule has 6 heteroatoms. The Kier molecular flexibility index (Phi) is 6.37. The predicted molar refractivity (Wildman–Crippen MR) is 110 cm³/mol. The first-order chi connectivity index (χ1) is 13.1. The Hall–Kier alpha value is -2.50. The van der Waals surface area contributed by atoms with E-state index in [1.165, 1.54) is 6.08 Å². The van der Waals surface area contributed by atoms with Crippen molar-refractivity contribution < 1.29 is 14.3 Å². The molecule has 0 saturated carbocycles. The summed E-state index contributed by atoms with van der Waals surface area (Å²) in [6.45, 7) is 4.76. The van der Waals surface area contributed by atoms with E-state index in [1.807, 2.05) is 43.3 Å². The third-order valence-corrected chi connectivity index (χ3v) is 4.68. The highest BCUT2D eigenvalue weighted by Gasteiger charge is 2.18. The molecule has 2 aromatic carbocycles. The van der Waals surface area contributed by atoms with E-state index in [1.54, 1.807) is 13.2 Å². The van der Waals surface area contributed by atoms with Crippen molar-refractivity contribution in [1.82, 2.24) is 0 Å². The Morgan fingerprint density at radius 2 is 2.04 bits per heavy atom. The molecule has 0 aromatic heterocycles. The summed E-state index contributed by atoms with van der Waals surface area (Å²) in [5, 5.41) is 3.55. The monoisotopic (exact) mass is 386 g/mol. The number of hydrogen-bond donors (Lipinski definition) is 1. The van der Waals surface area contributed by atoms with Gasteiger partial charge in [0.25, 0.3) is 0 Å². The average Bonchev–Trinajstić information content (AvgIpc) is 2.67. The Morgan fingerprint density at radius 3 is 2.78 bits per heavy atom. The van der Waals surface area contributed by atoms with Crippen molar-refractivity contribution in [1.29, 1.82) is 0 Å². The number of morpholine rings is 1. The first-order valence-corrected chi connectivity index (χ1v) is 9.21. The summed E-state index contributed by atoms with van der Waals surface area (Å²) in [7, 11) is 1.61. The highest BCUT2D eigenvalue weighted by molar-refractivity contribution is 6.34. The lowest BCUT2D eigenvalue weighted by Gasteiger charge is -2.31. The van der Waals surface area contributed by atoms with Crippen molar-refractivity contribution in [3.63, 3.8) is 0 Å². The summed E-state index contributed by atoms with van der Waals surface area (Å²) in [5.74, 6) is 0.497. The van der Waals surface area contributed by atoms with Crippen LogP contribution >= 0.6 is 11.6 Å². The number of rotatable bonds is 5. The van der Waals surface area contributed by atoms with Gasteiger partial charge in [-0.05, 0) is 37.3 Å². The lowest BCUT2D eigenvalue weighted by molar-refractivity contribution is -0.111. The third kappa shape index (κ3) is 4.81. The molecule has 1 amide bonds. The van der Waals surface area contributed by atoms with Gasteiger partial charge in [-0.1, -0.05) is 29.3 Å². The molecule has 1 aliphatic rings. The molecule has 1 aliphatic heterocycles. The van der Waals surface area contributed by atoms with Crippen LogP contribution in [0.2, 0.25) is 5.02 Å². The van der Waals surface area contributed by atoms with Crippen LogP contribution < -0.4 is 15.0 Å². The van der Waals surface area contributed by atoms with Crippen molar-refractivity contribution in [3.8, 4) is 5.75 Å². The maximum Gasteiger partial charge on any atom is 0.248 e. The molecule has 1 heterocycles. The highest BCUT2D eigenvalue weighted by atomic mass is 35.5. The molecule has 5 nitrogen and oxygen atoms in total. The fraction of sp³-hybridized carbons (Fsp3) is 0.286. The number of benzene rings is 2. The van der Waals surface area contributed by atoms with Crippen LogP contribution in [-0.2, 0) is 9.53 Å². The number of aryl methyl sites for hydroxylation is 1. The number of nitrogens with one attached hydrogen (secondary N) is 1. The van der Waals surface area contributed by atoms with E-state index >= 15 is 0 Å². The zero-order chi connectivity index (χ0) is 19.2. The predicted octanol–water partition coefficient (Wildman–Crippen LogP) is 4.15. The normalized spacial score (nSPS) is 14.4. The molecule has 0 aliphatic carbocycles. The van der Waals surface area contributed by atoms with E-state index < -0.39 is 0 Å². The Bertz CT molecular complexity index is 845. The molecular weight excluding hydrogens is 364 g/mol. The van der Waals surface area contributed by atoms with Gasteiger partial charge >= 0.3 is 0 Å². The van der Waals surface area contributed by atoms with Crippen LogP contribution in [0.1, 0.15) is 11.1 Å². The van der Waals surface area contributed by atoms with E-state index in [0.29, 0.717) is 23.9 Å². The SMILES string of the molecule is COc1ccc(C)cc1/C=C/C(=O)Nc1cccc(Cl)c1N1CCOCC1. The van der Waals surface area contributed by atoms with Crippen molar-refractivity contribution in [3.05, 3.63) is 58.6 Å².